The second kappa shape index (κ2) is 8.19. The molecular formula is C21H23ClN4O2. The molecule has 2 aromatic heterocycles. The van der Waals surface area contributed by atoms with Gasteiger partial charge in [-0.05, 0) is 38.3 Å². The average molecular weight is 399 g/mol. The number of amides is 1. The van der Waals surface area contributed by atoms with E-state index in [1.807, 2.05) is 52.9 Å². The molecule has 1 aliphatic heterocycles. The third-order valence-electron chi connectivity index (χ3n) is 4.95. The van der Waals surface area contributed by atoms with Gasteiger partial charge in [0.25, 0.3) is 0 Å². The van der Waals surface area contributed by atoms with E-state index in [4.69, 9.17) is 16.1 Å². The molecule has 0 unspecified atom stereocenters. The standard InChI is InChI=1S/C21H23ClN4O2/c1-15-12-20-25(10-5-11-26(20)23-15)21(27)9-3-2-8-18-14-19(24-28-18)16-6-4-7-17(22)13-16/h4,6-7,12-14H,2-3,5,8-11H2,1H3. The minimum atomic E-state index is 0.165. The van der Waals surface area contributed by atoms with E-state index in [0.717, 1.165) is 67.3 Å². The molecule has 0 spiro atoms. The molecule has 3 heterocycles. The van der Waals surface area contributed by atoms with Crippen molar-refractivity contribution < 1.29 is 9.32 Å². The third-order valence-corrected chi connectivity index (χ3v) is 5.19. The summed E-state index contributed by atoms with van der Waals surface area (Å²) in [6, 6.07) is 11.5. The number of anilines is 1. The Balaban J connectivity index is 1.28. The van der Waals surface area contributed by atoms with Crippen LogP contribution in [0.25, 0.3) is 11.3 Å². The second-order valence-electron chi connectivity index (χ2n) is 7.16. The van der Waals surface area contributed by atoms with Crippen LogP contribution in [0, 0.1) is 6.92 Å². The van der Waals surface area contributed by atoms with E-state index in [-0.39, 0.29) is 5.91 Å². The van der Waals surface area contributed by atoms with Gasteiger partial charge in [-0.1, -0.05) is 28.9 Å². The van der Waals surface area contributed by atoms with Gasteiger partial charge in [-0.25, -0.2) is 4.68 Å². The number of carbonyl (C=O) groups excluding carboxylic acids is 1. The Morgan fingerprint density at radius 1 is 1.21 bits per heavy atom. The number of aromatic nitrogens is 3. The topological polar surface area (TPSA) is 64.2 Å². The highest BCUT2D eigenvalue weighted by Gasteiger charge is 2.23. The zero-order chi connectivity index (χ0) is 19.5. The summed E-state index contributed by atoms with van der Waals surface area (Å²) in [5.41, 5.74) is 2.68. The smallest absolute Gasteiger partial charge is 0.228 e. The Bertz CT molecular complexity index is 978. The van der Waals surface area contributed by atoms with Crippen LogP contribution in [0.4, 0.5) is 5.82 Å². The van der Waals surface area contributed by atoms with E-state index < -0.39 is 0 Å². The largest absolute Gasteiger partial charge is 0.361 e. The van der Waals surface area contributed by atoms with E-state index in [0.29, 0.717) is 11.4 Å². The molecule has 0 saturated carbocycles. The van der Waals surface area contributed by atoms with Gasteiger partial charge < -0.3 is 4.52 Å². The summed E-state index contributed by atoms with van der Waals surface area (Å²) < 4.78 is 7.36. The highest BCUT2D eigenvalue weighted by atomic mass is 35.5. The highest BCUT2D eigenvalue weighted by Crippen LogP contribution is 2.24. The van der Waals surface area contributed by atoms with Crippen LogP contribution in [0.1, 0.15) is 37.1 Å². The van der Waals surface area contributed by atoms with Crippen molar-refractivity contribution in [3.05, 3.63) is 52.9 Å². The lowest BCUT2D eigenvalue weighted by Gasteiger charge is -2.27. The van der Waals surface area contributed by atoms with Gasteiger partial charge in [-0.2, -0.15) is 5.10 Å². The Morgan fingerprint density at radius 2 is 2.11 bits per heavy atom. The predicted octanol–water partition coefficient (Wildman–Crippen LogP) is 4.65. The second-order valence-corrected chi connectivity index (χ2v) is 7.60. The molecule has 1 amide bonds. The summed E-state index contributed by atoms with van der Waals surface area (Å²) in [7, 11) is 0. The highest BCUT2D eigenvalue weighted by molar-refractivity contribution is 6.30. The fraction of sp³-hybridized carbons (Fsp3) is 0.381. The van der Waals surface area contributed by atoms with Gasteiger partial charge in [0.2, 0.25) is 5.91 Å². The van der Waals surface area contributed by atoms with E-state index in [2.05, 4.69) is 10.3 Å². The lowest BCUT2D eigenvalue weighted by molar-refractivity contribution is -0.118. The Labute approximate surface area is 169 Å². The van der Waals surface area contributed by atoms with Crippen LogP contribution in [0.2, 0.25) is 5.02 Å². The third kappa shape index (κ3) is 4.12. The first-order valence-electron chi connectivity index (χ1n) is 9.66. The zero-order valence-electron chi connectivity index (χ0n) is 15.9. The lowest BCUT2D eigenvalue weighted by atomic mass is 10.1. The normalized spacial score (nSPS) is 13.6. The van der Waals surface area contributed by atoms with E-state index >= 15 is 0 Å². The van der Waals surface area contributed by atoms with Crippen molar-refractivity contribution in [1.82, 2.24) is 14.9 Å². The summed E-state index contributed by atoms with van der Waals surface area (Å²) in [5, 5.41) is 9.25. The van der Waals surface area contributed by atoms with Crippen LogP contribution in [-0.4, -0.2) is 27.4 Å². The number of benzene rings is 1. The number of hydrogen-bond acceptors (Lipinski definition) is 4. The Morgan fingerprint density at radius 3 is 2.96 bits per heavy atom. The first kappa shape index (κ1) is 18.7. The monoisotopic (exact) mass is 398 g/mol. The maximum absolute atomic E-state index is 12.6. The van der Waals surface area contributed by atoms with Gasteiger partial charge in [0.15, 0.2) is 0 Å². The van der Waals surface area contributed by atoms with Crippen molar-refractivity contribution in [1.29, 1.82) is 0 Å². The predicted molar refractivity (Wildman–Crippen MR) is 108 cm³/mol. The SMILES string of the molecule is Cc1cc2n(n1)CCCN2C(=O)CCCCc1cc(-c2cccc(Cl)c2)no1. The van der Waals surface area contributed by atoms with Gasteiger partial charge in [-0.3, -0.25) is 9.69 Å². The van der Waals surface area contributed by atoms with Crippen LogP contribution in [0.3, 0.4) is 0 Å². The summed E-state index contributed by atoms with van der Waals surface area (Å²) in [5.74, 6) is 1.92. The molecule has 0 bridgehead atoms. The first-order valence-corrected chi connectivity index (χ1v) is 10.0. The number of carbonyl (C=O) groups is 1. The van der Waals surface area contributed by atoms with Gasteiger partial charge in [0, 0.05) is 48.6 Å². The number of hydrogen-bond donors (Lipinski definition) is 0. The summed E-state index contributed by atoms with van der Waals surface area (Å²) in [6.45, 7) is 3.62. The molecule has 28 heavy (non-hydrogen) atoms. The van der Waals surface area contributed by atoms with Crippen molar-refractivity contribution >= 4 is 23.3 Å². The van der Waals surface area contributed by atoms with Crippen molar-refractivity contribution in [2.75, 3.05) is 11.4 Å². The minimum Gasteiger partial charge on any atom is -0.361 e. The van der Waals surface area contributed by atoms with Gasteiger partial charge in [0.05, 0.1) is 5.69 Å². The average Bonchev–Trinajstić information content (AvgIpc) is 3.30. The molecule has 6 nitrogen and oxygen atoms in total. The summed E-state index contributed by atoms with van der Waals surface area (Å²) in [6.07, 6.45) is 3.93. The molecule has 1 aliphatic rings. The van der Waals surface area contributed by atoms with Crippen LogP contribution < -0.4 is 4.90 Å². The molecule has 146 valence electrons. The van der Waals surface area contributed by atoms with E-state index in [1.165, 1.54) is 0 Å². The van der Waals surface area contributed by atoms with Crippen molar-refractivity contribution in [3.8, 4) is 11.3 Å². The van der Waals surface area contributed by atoms with Gasteiger partial charge in [0.1, 0.15) is 17.3 Å². The molecule has 0 N–H and O–H groups in total. The fourth-order valence-electron chi connectivity index (χ4n) is 3.58. The molecule has 7 heteroatoms. The number of rotatable bonds is 6. The summed E-state index contributed by atoms with van der Waals surface area (Å²) >= 11 is 6.03. The number of aryl methyl sites for hydroxylation is 3. The van der Waals surface area contributed by atoms with E-state index in [1.54, 1.807) is 0 Å². The van der Waals surface area contributed by atoms with Crippen molar-refractivity contribution in [2.45, 2.75) is 45.6 Å². The van der Waals surface area contributed by atoms with Crippen LogP contribution >= 0.6 is 11.6 Å². The maximum Gasteiger partial charge on any atom is 0.228 e. The number of nitrogens with zero attached hydrogens (tertiary/aromatic N) is 4. The first-order chi connectivity index (χ1) is 13.6. The molecule has 3 aromatic rings. The molecule has 0 fully saturated rings. The summed E-state index contributed by atoms with van der Waals surface area (Å²) in [4.78, 5) is 14.5. The number of unbranched alkanes of at least 4 members (excludes halogenated alkanes) is 1. The quantitative estimate of drug-likeness (QED) is 0.567. The number of fused-ring (bicyclic) bond motifs is 1. The molecule has 4 rings (SSSR count). The Kier molecular flexibility index (Phi) is 5.48. The van der Waals surface area contributed by atoms with Crippen LogP contribution in [-0.2, 0) is 17.8 Å². The zero-order valence-corrected chi connectivity index (χ0v) is 16.7. The minimum absolute atomic E-state index is 0.165. The lowest BCUT2D eigenvalue weighted by Crippen LogP contribution is -2.37. The van der Waals surface area contributed by atoms with Gasteiger partial charge in [-0.15, -0.1) is 0 Å². The molecule has 0 atom stereocenters. The number of halogens is 1. The van der Waals surface area contributed by atoms with Gasteiger partial charge >= 0.3 is 0 Å². The Hall–Kier alpha value is -2.60. The molecule has 1 aromatic carbocycles. The fourth-order valence-corrected chi connectivity index (χ4v) is 3.77. The van der Waals surface area contributed by atoms with Crippen LogP contribution in [0.15, 0.2) is 40.9 Å². The molecule has 0 aliphatic carbocycles. The maximum atomic E-state index is 12.6. The van der Waals surface area contributed by atoms with Crippen LogP contribution in [0.5, 0.6) is 0 Å². The molecule has 0 radical (unpaired) electrons. The molecule has 0 saturated heterocycles. The van der Waals surface area contributed by atoms with Crippen molar-refractivity contribution in [2.24, 2.45) is 0 Å². The molecular weight excluding hydrogens is 376 g/mol. The van der Waals surface area contributed by atoms with E-state index in [9.17, 15) is 4.79 Å². The van der Waals surface area contributed by atoms with Crippen molar-refractivity contribution in [3.63, 3.8) is 0 Å².